The molecule has 2 bridgehead atoms. The number of anilines is 1. The lowest BCUT2D eigenvalue weighted by Gasteiger charge is -2.67. The fourth-order valence-electron chi connectivity index (χ4n) is 6.57. The maximum absolute atomic E-state index is 13.1. The van der Waals surface area contributed by atoms with E-state index in [1.54, 1.807) is 18.3 Å². The molecule has 25 heavy (non-hydrogen) atoms. The number of aromatic amines is 1. The molecule has 4 heteroatoms. The third-order valence-corrected chi connectivity index (χ3v) is 7.62. The molecule has 1 amide bonds. The highest BCUT2D eigenvalue weighted by molar-refractivity contribution is 6.04. The molecule has 1 heterocycles. The highest BCUT2D eigenvalue weighted by Crippen LogP contribution is 2.81. The van der Waals surface area contributed by atoms with Crippen LogP contribution in [-0.4, -0.2) is 10.9 Å². The van der Waals surface area contributed by atoms with Crippen molar-refractivity contribution < 1.29 is 4.79 Å². The quantitative estimate of drug-likeness (QED) is 0.882. The number of aromatic nitrogens is 1. The van der Waals surface area contributed by atoms with Gasteiger partial charge in [-0.05, 0) is 61.0 Å². The van der Waals surface area contributed by atoms with Crippen molar-refractivity contribution in [3.05, 3.63) is 63.6 Å². The Morgan fingerprint density at radius 3 is 2.72 bits per heavy atom. The van der Waals surface area contributed by atoms with Gasteiger partial charge in [0, 0.05) is 28.9 Å². The summed E-state index contributed by atoms with van der Waals surface area (Å²) in [4.78, 5) is 29.0. The zero-order valence-corrected chi connectivity index (χ0v) is 13.9. The van der Waals surface area contributed by atoms with Crippen LogP contribution >= 0.6 is 0 Å². The molecule has 2 N–H and O–H groups in total. The zero-order chi connectivity index (χ0) is 16.8. The second-order valence-electron chi connectivity index (χ2n) is 8.35. The van der Waals surface area contributed by atoms with E-state index in [9.17, 15) is 9.59 Å². The van der Waals surface area contributed by atoms with Crippen LogP contribution in [0.15, 0.2) is 41.3 Å². The molecule has 4 aliphatic carbocycles. The van der Waals surface area contributed by atoms with Crippen molar-refractivity contribution in [3.8, 4) is 0 Å². The topological polar surface area (TPSA) is 62.0 Å². The Morgan fingerprint density at radius 2 is 1.92 bits per heavy atom. The lowest BCUT2D eigenvalue weighted by atomic mass is 9.37. The van der Waals surface area contributed by atoms with E-state index in [0.717, 1.165) is 17.4 Å². The first-order valence-electron chi connectivity index (χ1n) is 9.30. The molecule has 126 valence electrons. The Labute approximate surface area is 145 Å². The Balaban J connectivity index is 1.39. The molecule has 4 aliphatic rings. The van der Waals surface area contributed by atoms with Crippen LogP contribution in [0.25, 0.3) is 0 Å². The fraction of sp³-hybridized carbons (Fsp3) is 0.429. The largest absolute Gasteiger partial charge is 0.362 e. The van der Waals surface area contributed by atoms with Gasteiger partial charge in [0.2, 0.25) is 5.43 Å². The van der Waals surface area contributed by atoms with Crippen molar-refractivity contribution in [2.75, 3.05) is 5.32 Å². The van der Waals surface area contributed by atoms with Crippen LogP contribution in [0.2, 0.25) is 0 Å². The molecule has 3 saturated carbocycles. The van der Waals surface area contributed by atoms with Crippen LogP contribution in [-0.2, 0) is 0 Å². The van der Waals surface area contributed by atoms with E-state index in [1.165, 1.54) is 31.4 Å². The molecular formula is C21H20N2O2. The van der Waals surface area contributed by atoms with Gasteiger partial charge in [-0.15, -0.1) is 0 Å². The third kappa shape index (κ3) is 1.54. The molecule has 2 aromatic rings. The predicted octanol–water partition coefficient (Wildman–Crippen LogP) is 3.63. The van der Waals surface area contributed by atoms with Gasteiger partial charge in [-0.1, -0.05) is 18.2 Å². The van der Waals surface area contributed by atoms with Gasteiger partial charge in [-0.25, -0.2) is 0 Å². The molecule has 1 spiro atoms. The lowest BCUT2D eigenvalue weighted by molar-refractivity contribution is -0.148. The molecule has 5 atom stereocenters. The molecule has 0 saturated heterocycles. The van der Waals surface area contributed by atoms with Crippen molar-refractivity contribution in [2.24, 2.45) is 17.3 Å². The van der Waals surface area contributed by atoms with E-state index in [0.29, 0.717) is 28.5 Å². The number of hydrogen-bond donors (Lipinski definition) is 2. The van der Waals surface area contributed by atoms with E-state index in [-0.39, 0.29) is 11.3 Å². The summed E-state index contributed by atoms with van der Waals surface area (Å²) in [5.41, 5.74) is 3.66. The maximum Gasteiger partial charge on any atom is 0.255 e. The summed E-state index contributed by atoms with van der Waals surface area (Å²) in [6.45, 7) is 0. The zero-order valence-electron chi connectivity index (χ0n) is 13.9. The Morgan fingerprint density at radius 1 is 1.12 bits per heavy atom. The van der Waals surface area contributed by atoms with E-state index in [2.05, 4.69) is 10.3 Å². The summed E-state index contributed by atoms with van der Waals surface area (Å²) in [5, 5.41) is 2.82. The second kappa shape index (κ2) is 4.43. The summed E-state index contributed by atoms with van der Waals surface area (Å²) in [6, 6.07) is 9.04. The average Bonchev–Trinajstić information content (AvgIpc) is 2.99. The number of benzene rings is 1. The smallest absolute Gasteiger partial charge is 0.255 e. The minimum atomic E-state index is -0.228. The third-order valence-electron chi connectivity index (χ3n) is 7.62. The van der Waals surface area contributed by atoms with Gasteiger partial charge in [-0.3, -0.25) is 9.59 Å². The summed E-state index contributed by atoms with van der Waals surface area (Å²) in [7, 11) is 0. The van der Waals surface area contributed by atoms with Gasteiger partial charge in [-0.2, -0.15) is 0 Å². The molecule has 4 nitrogen and oxygen atoms in total. The monoisotopic (exact) mass is 332 g/mol. The first-order chi connectivity index (χ1) is 12.2. The van der Waals surface area contributed by atoms with Crippen LogP contribution < -0.4 is 10.7 Å². The maximum atomic E-state index is 13.1. The summed E-state index contributed by atoms with van der Waals surface area (Å²) in [5.74, 6) is 2.44. The van der Waals surface area contributed by atoms with E-state index in [4.69, 9.17) is 0 Å². The van der Waals surface area contributed by atoms with Crippen LogP contribution in [0.5, 0.6) is 0 Å². The number of rotatable bonds is 2. The molecule has 6 rings (SSSR count). The molecule has 0 radical (unpaired) electrons. The van der Waals surface area contributed by atoms with Crippen LogP contribution in [0.4, 0.5) is 5.69 Å². The van der Waals surface area contributed by atoms with Crippen LogP contribution in [0.3, 0.4) is 0 Å². The molecular weight excluding hydrogens is 312 g/mol. The normalized spacial score (nSPS) is 35.8. The van der Waals surface area contributed by atoms with Crippen molar-refractivity contribution in [1.29, 1.82) is 0 Å². The molecule has 3 fully saturated rings. The Bertz CT molecular complexity index is 964. The van der Waals surface area contributed by atoms with Gasteiger partial charge in [0.25, 0.3) is 5.91 Å². The van der Waals surface area contributed by atoms with Gasteiger partial charge in [0.15, 0.2) is 0 Å². The van der Waals surface area contributed by atoms with Crippen molar-refractivity contribution in [2.45, 2.75) is 37.5 Å². The Kier molecular flexibility index (Phi) is 2.46. The van der Waals surface area contributed by atoms with E-state index < -0.39 is 0 Å². The highest BCUT2D eigenvalue weighted by Gasteiger charge is 2.72. The van der Waals surface area contributed by atoms with Gasteiger partial charge >= 0.3 is 0 Å². The number of H-pyrrole nitrogens is 1. The molecule has 1 aromatic carbocycles. The predicted molar refractivity (Wildman–Crippen MR) is 94.8 cm³/mol. The Hall–Kier alpha value is -2.36. The standard InChI is InChI=1S/C21H20N2O2/c24-19-16(23-20(25)11-4-2-1-3-5-11)10-22-18-15-8-14-7-13-6-12(17(18)19)9-21(13,14)15/h1-5,10,12-15H,6-9H2,(H,22,24)(H,23,25). The lowest BCUT2D eigenvalue weighted by Crippen LogP contribution is -2.60. The van der Waals surface area contributed by atoms with Gasteiger partial charge < -0.3 is 10.3 Å². The number of pyridine rings is 1. The van der Waals surface area contributed by atoms with Gasteiger partial charge in [0.1, 0.15) is 5.69 Å². The number of carbonyl (C=O) groups excluding carboxylic acids is 1. The highest BCUT2D eigenvalue weighted by atomic mass is 16.2. The van der Waals surface area contributed by atoms with Crippen LogP contribution in [0, 0.1) is 17.3 Å². The van der Waals surface area contributed by atoms with Crippen molar-refractivity contribution >= 4 is 11.6 Å². The fourth-order valence-corrected chi connectivity index (χ4v) is 6.57. The van der Waals surface area contributed by atoms with E-state index >= 15 is 0 Å². The molecule has 1 aromatic heterocycles. The number of fused-ring (bicyclic) bond motifs is 4. The minimum absolute atomic E-state index is 0.0302. The summed E-state index contributed by atoms with van der Waals surface area (Å²) >= 11 is 0. The first-order valence-corrected chi connectivity index (χ1v) is 9.30. The van der Waals surface area contributed by atoms with Crippen LogP contribution in [0.1, 0.15) is 59.1 Å². The minimum Gasteiger partial charge on any atom is -0.362 e. The average molecular weight is 332 g/mol. The number of hydrogen-bond acceptors (Lipinski definition) is 2. The molecule has 0 aliphatic heterocycles. The molecule has 5 unspecified atom stereocenters. The summed E-state index contributed by atoms with van der Waals surface area (Å²) < 4.78 is 0. The van der Waals surface area contributed by atoms with Crippen molar-refractivity contribution in [3.63, 3.8) is 0 Å². The first kappa shape index (κ1) is 13.9. The van der Waals surface area contributed by atoms with Crippen molar-refractivity contribution in [1.82, 2.24) is 4.98 Å². The number of nitrogens with one attached hydrogen (secondary N) is 2. The van der Waals surface area contributed by atoms with Gasteiger partial charge in [0.05, 0.1) is 0 Å². The van der Waals surface area contributed by atoms with E-state index in [1.807, 2.05) is 18.2 Å². The summed E-state index contributed by atoms with van der Waals surface area (Å²) in [6.07, 6.45) is 6.68. The number of carbonyl (C=O) groups is 1. The second-order valence-corrected chi connectivity index (χ2v) is 8.35. The SMILES string of the molecule is O=C(Nc1c[nH]c2c(c1=O)C1CC3CC4CC2C34C1)c1ccccc1. The number of amides is 1.